The lowest BCUT2D eigenvalue weighted by Crippen LogP contribution is -2.45. The second kappa shape index (κ2) is 6.42. The number of aryl methyl sites for hydroxylation is 1. The third-order valence-corrected chi connectivity index (χ3v) is 5.38. The number of amides is 1. The highest BCUT2D eigenvalue weighted by atomic mass is 19.1. The summed E-state index contributed by atoms with van der Waals surface area (Å²) < 4.78 is 19.3. The van der Waals surface area contributed by atoms with Crippen molar-refractivity contribution in [2.45, 2.75) is 44.9 Å². The fraction of sp³-hybridized carbons (Fsp3) is 0.526. The fourth-order valence-electron chi connectivity index (χ4n) is 4.17. The summed E-state index contributed by atoms with van der Waals surface area (Å²) in [5.74, 6) is -0.290. The molecular weight excluding hydrogens is 321 g/mol. The molecular formula is C19H24FN3O2. The van der Waals surface area contributed by atoms with Crippen LogP contribution >= 0.6 is 0 Å². The molecule has 0 radical (unpaired) electrons. The van der Waals surface area contributed by atoms with Crippen molar-refractivity contribution in [2.75, 3.05) is 19.7 Å². The number of morpholine rings is 1. The molecule has 25 heavy (non-hydrogen) atoms. The Morgan fingerprint density at radius 2 is 2.28 bits per heavy atom. The van der Waals surface area contributed by atoms with Gasteiger partial charge in [-0.3, -0.25) is 9.69 Å². The van der Waals surface area contributed by atoms with E-state index in [1.54, 1.807) is 6.07 Å². The molecule has 3 atom stereocenters. The van der Waals surface area contributed by atoms with E-state index in [1.807, 2.05) is 6.92 Å². The Balaban J connectivity index is 1.43. The molecule has 1 aromatic heterocycles. The molecule has 6 heteroatoms. The highest BCUT2D eigenvalue weighted by Crippen LogP contribution is 2.25. The van der Waals surface area contributed by atoms with Crippen molar-refractivity contribution in [3.8, 4) is 0 Å². The molecule has 1 aromatic carbocycles. The highest BCUT2D eigenvalue weighted by Gasteiger charge is 2.36. The Bertz CT molecular complexity index is 803. The van der Waals surface area contributed by atoms with Crippen LogP contribution < -0.4 is 5.32 Å². The number of ether oxygens (including phenoxy) is 1. The summed E-state index contributed by atoms with van der Waals surface area (Å²) in [4.78, 5) is 18.2. The first kappa shape index (κ1) is 16.5. The molecule has 0 bridgehead atoms. The molecule has 0 saturated carbocycles. The van der Waals surface area contributed by atoms with Gasteiger partial charge in [0.1, 0.15) is 5.82 Å². The van der Waals surface area contributed by atoms with E-state index in [4.69, 9.17) is 4.74 Å². The monoisotopic (exact) mass is 345 g/mol. The zero-order valence-corrected chi connectivity index (χ0v) is 14.6. The minimum absolute atomic E-state index is 0.00734. The molecule has 2 aliphatic rings. The van der Waals surface area contributed by atoms with Gasteiger partial charge in [-0.1, -0.05) is 0 Å². The lowest BCUT2D eigenvalue weighted by Gasteiger charge is -2.33. The van der Waals surface area contributed by atoms with E-state index in [0.717, 1.165) is 48.3 Å². The lowest BCUT2D eigenvalue weighted by atomic mass is 10.1. The number of fused-ring (bicyclic) bond motifs is 2. The maximum atomic E-state index is 13.6. The van der Waals surface area contributed by atoms with E-state index in [-0.39, 0.29) is 30.3 Å². The van der Waals surface area contributed by atoms with E-state index >= 15 is 0 Å². The predicted octanol–water partition coefficient (Wildman–Crippen LogP) is 2.14. The standard InChI is InChI=1S/C19H24FN3O2/c1-11-8-23-9-14(6-15(23)10-25-11)22-19(24)7-16-12(2)21-18-4-3-13(20)5-17(16)18/h3-5,11,14-15,21H,6-10H2,1-2H3,(H,22,24)/t11-,14+,15-/m0/s1. The molecule has 5 nitrogen and oxygen atoms in total. The number of H-pyrrole nitrogens is 1. The van der Waals surface area contributed by atoms with Crippen LogP contribution in [0.2, 0.25) is 0 Å². The van der Waals surface area contributed by atoms with E-state index in [1.165, 1.54) is 12.1 Å². The van der Waals surface area contributed by atoms with Crippen molar-refractivity contribution in [2.24, 2.45) is 0 Å². The van der Waals surface area contributed by atoms with E-state index in [0.29, 0.717) is 6.04 Å². The van der Waals surface area contributed by atoms with Crippen molar-refractivity contribution in [3.05, 3.63) is 35.3 Å². The maximum absolute atomic E-state index is 13.6. The number of halogens is 1. The second-order valence-corrected chi connectivity index (χ2v) is 7.35. The van der Waals surface area contributed by atoms with Gasteiger partial charge in [0.25, 0.3) is 0 Å². The maximum Gasteiger partial charge on any atom is 0.224 e. The Morgan fingerprint density at radius 1 is 1.44 bits per heavy atom. The number of hydrogen-bond acceptors (Lipinski definition) is 3. The molecule has 134 valence electrons. The number of aromatic nitrogens is 1. The van der Waals surface area contributed by atoms with Crippen LogP contribution in [0.5, 0.6) is 0 Å². The molecule has 2 saturated heterocycles. The number of nitrogens with one attached hydrogen (secondary N) is 2. The summed E-state index contributed by atoms with van der Waals surface area (Å²) in [6.45, 7) is 6.56. The van der Waals surface area contributed by atoms with Crippen LogP contribution in [0.25, 0.3) is 10.9 Å². The van der Waals surface area contributed by atoms with Crippen LogP contribution in [0.1, 0.15) is 24.6 Å². The number of nitrogens with zero attached hydrogens (tertiary/aromatic N) is 1. The van der Waals surface area contributed by atoms with E-state index in [2.05, 4.69) is 22.1 Å². The van der Waals surface area contributed by atoms with Gasteiger partial charge in [0.15, 0.2) is 0 Å². The van der Waals surface area contributed by atoms with Crippen molar-refractivity contribution >= 4 is 16.8 Å². The first-order valence-electron chi connectivity index (χ1n) is 8.91. The van der Waals surface area contributed by atoms with Crippen molar-refractivity contribution in [1.82, 2.24) is 15.2 Å². The van der Waals surface area contributed by atoms with Gasteiger partial charge in [-0.05, 0) is 44.0 Å². The van der Waals surface area contributed by atoms with Crippen molar-refractivity contribution in [3.63, 3.8) is 0 Å². The van der Waals surface area contributed by atoms with Crippen LogP contribution in [-0.2, 0) is 16.0 Å². The van der Waals surface area contributed by atoms with Gasteiger partial charge in [0.05, 0.1) is 19.1 Å². The highest BCUT2D eigenvalue weighted by molar-refractivity contribution is 5.90. The SMILES string of the molecule is Cc1[nH]c2ccc(F)cc2c1CC(=O)N[C@@H]1C[C@H]2CO[C@@H](C)CN2C1. The van der Waals surface area contributed by atoms with Crippen LogP contribution in [-0.4, -0.2) is 53.7 Å². The summed E-state index contributed by atoms with van der Waals surface area (Å²) in [5, 5.41) is 3.94. The number of hydrogen-bond donors (Lipinski definition) is 2. The van der Waals surface area contributed by atoms with Gasteiger partial charge < -0.3 is 15.0 Å². The van der Waals surface area contributed by atoms with Gasteiger partial charge in [-0.25, -0.2) is 4.39 Å². The smallest absolute Gasteiger partial charge is 0.224 e. The molecule has 4 rings (SSSR count). The average molecular weight is 345 g/mol. The van der Waals surface area contributed by atoms with Crippen molar-refractivity contribution in [1.29, 1.82) is 0 Å². The summed E-state index contributed by atoms with van der Waals surface area (Å²) in [7, 11) is 0. The quantitative estimate of drug-likeness (QED) is 0.896. The third kappa shape index (κ3) is 3.28. The van der Waals surface area contributed by atoms with Gasteiger partial charge in [0.2, 0.25) is 5.91 Å². The molecule has 0 spiro atoms. The third-order valence-electron chi connectivity index (χ3n) is 5.38. The summed E-state index contributed by atoms with van der Waals surface area (Å²) in [6.07, 6.45) is 1.46. The van der Waals surface area contributed by atoms with E-state index in [9.17, 15) is 9.18 Å². The summed E-state index contributed by atoms with van der Waals surface area (Å²) in [6, 6.07) is 5.21. The fourth-order valence-corrected chi connectivity index (χ4v) is 4.17. The predicted molar refractivity (Wildman–Crippen MR) is 94.0 cm³/mol. The summed E-state index contributed by atoms with van der Waals surface area (Å²) >= 11 is 0. The second-order valence-electron chi connectivity index (χ2n) is 7.35. The molecule has 2 aromatic rings. The Kier molecular flexibility index (Phi) is 4.25. The number of carbonyl (C=O) groups excluding carboxylic acids is 1. The first-order chi connectivity index (χ1) is 12.0. The molecule has 3 heterocycles. The number of aromatic amines is 1. The first-order valence-corrected chi connectivity index (χ1v) is 8.91. The Hall–Kier alpha value is -1.92. The van der Waals surface area contributed by atoms with Crippen LogP contribution in [0.4, 0.5) is 4.39 Å². The number of rotatable bonds is 3. The Morgan fingerprint density at radius 3 is 3.12 bits per heavy atom. The normalized spacial score (nSPS) is 26.8. The summed E-state index contributed by atoms with van der Waals surface area (Å²) in [5.41, 5.74) is 2.66. The average Bonchev–Trinajstić information content (AvgIpc) is 3.08. The van der Waals surface area contributed by atoms with Gasteiger partial charge >= 0.3 is 0 Å². The van der Waals surface area contributed by atoms with E-state index < -0.39 is 0 Å². The minimum atomic E-state index is -0.282. The molecule has 1 amide bonds. The lowest BCUT2D eigenvalue weighted by molar-refractivity contribution is -0.121. The van der Waals surface area contributed by atoms with Crippen LogP contribution in [0, 0.1) is 12.7 Å². The topological polar surface area (TPSA) is 57.4 Å². The minimum Gasteiger partial charge on any atom is -0.376 e. The molecule has 2 N–H and O–H groups in total. The molecule has 2 aliphatic heterocycles. The number of benzene rings is 1. The number of carbonyl (C=O) groups is 1. The molecule has 2 fully saturated rings. The molecule has 0 unspecified atom stereocenters. The van der Waals surface area contributed by atoms with Gasteiger partial charge in [-0.2, -0.15) is 0 Å². The van der Waals surface area contributed by atoms with Crippen LogP contribution in [0.15, 0.2) is 18.2 Å². The van der Waals surface area contributed by atoms with Gasteiger partial charge in [-0.15, -0.1) is 0 Å². The molecule has 0 aliphatic carbocycles. The zero-order chi connectivity index (χ0) is 17.6. The van der Waals surface area contributed by atoms with Crippen molar-refractivity contribution < 1.29 is 13.9 Å². The van der Waals surface area contributed by atoms with Gasteiger partial charge in [0, 0.05) is 41.8 Å². The van der Waals surface area contributed by atoms with Crippen LogP contribution in [0.3, 0.4) is 0 Å². The largest absolute Gasteiger partial charge is 0.376 e. The Labute approximate surface area is 146 Å². The zero-order valence-electron chi connectivity index (χ0n) is 14.6.